The van der Waals surface area contributed by atoms with Gasteiger partial charge in [0.1, 0.15) is 5.82 Å². The second-order valence-corrected chi connectivity index (χ2v) is 4.59. The van der Waals surface area contributed by atoms with Crippen LogP contribution in [-0.4, -0.2) is 25.7 Å². The molecule has 0 aliphatic carbocycles. The van der Waals surface area contributed by atoms with Crippen molar-refractivity contribution >= 4 is 27.6 Å². The maximum Gasteiger partial charge on any atom is 0.210 e. The average Bonchev–Trinajstić information content (AvgIpc) is 2.39. The van der Waals surface area contributed by atoms with Crippen molar-refractivity contribution in [1.82, 2.24) is 5.43 Å². The molecule has 19 heavy (non-hydrogen) atoms. The van der Waals surface area contributed by atoms with Crippen molar-refractivity contribution in [2.45, 2.75) is 13.3 Å². The average molecular weight is 333 g/mol. The summed E-state index contributed by atoms with van der Waals surface area (Å²) in [5, 5.41) is 2.79. The molecule has 0 radical (unpaired) electrons. The highest BCUT2D eigenvalue weighted by Crippen LogP contribution is 2.19. The van der Waals surface area contributed by atoms with Gasteiger partial charge >= 0.3 is 0 Å². The highest BCUT2D eigenvalue weighted by atomic mass is 79.9. The molecule has 0 fully saturated rings. The molecule has 0 atom stereocenters. The topological polar surface area (TPSA) is 71.7 Å². The van der Waals surface area contributed by atoms with Crippen molar-refractivity contribution in [3.8, 4) is 0 Å². The number of hydrogen-bond acceptors (Lipinski definition) is 3. The highest BCUT2D eigenvalue weighted by Gasteiger charge is 2.04. The van der Waals surface area contributed by atoms with Gasteiger partial charge in [0.15, 0.2) is 0 Å². The number of hydrogen-bond donors (Lipinski definition) is 3. The Kier molecular flexibility index (Phi) is 7.39. The van der Waals surface area contributed by atoms with Crippen LogP contribution >= 0.6 is 15.9 Å². The van der Waals surface area contributed by atoms with Gasteiger partial charge in [0.05, 0.1) is 5.69 Å². The van der Waals surface area contributed by atoms with Gasteiger partial charge in [0, 0.05) is 24.2 Å². The van der Waals surface area contributed by atoms with Crippen LogP contribution in [0.1, 0.15) is 13.3 Å². The number of guanidine groups is 1. The predicted octanol–water partition coefficient (Wildman–Crippen LogP) is 2.25. The maximum absolute atomic E-state index is 13.6. The number of hydrazine groups is 1. The molecule has 7 heteroatoms. The third-order valence-electron chi connectivity index (χ3n) is 2.24. The summed E-state index contributed by atoms with van der Waals surface area (Å²) in [5.74, 6) is 5.27. The van der Waals surface area contributed by atoms with Crippen molar-refractivity contribution < 1.29 is 9.13 Å². The first-order chi connectivity index (χ1) is 9.17. The minimum atomic E-state index is -0.383. The third kappa shape index (κ3) is 6.00. The van der Waals surface area contributed by atoms with E-state index in [2.05, 4.69) is 31.7 Å². The lowest BCUT2D eigenvalue weighted by atomic mass is 10.3. The quantitative estimate of drug-likeness (QED) is 0.245. The Morgan fingerprint density at radius 1 is 1.53 bits per heavy atom. The van der Waals surface area contributed by atoms with Crippen LogP contribution in [0.2, 0.25) is 0 Å². The first-order valence-electron chi connectivity index (χ1n) is 5.98. The van der Waals surface area contributed by atoms with Gasteiger partial charge in [-0.1, -0.05) is 15.9 Å². The number of anilines is 1. The number of nitrogens with two attached hydrogens (primary N) is 1. The van der Waals surface area contributed by atoms with Gasteiger partial charge in [-0.25, -0.2) is 10.2 Å². The van der Waals surface area contributed by atoms with Crippen LogP contribution in [0, 0.1) is 5.82 Å². The van der Waals surface area contributed by atoms with Crippen molar-refractivity contribution in [3.05, 3.63) is 28.5 Å². The van der Waals surface area contributed by atoms with Crippen LogP contribution < -0.4 is 16.6 Å². The van der Waals surface area contributed by atoms with Gasteiger partial charge in [0.2, 0.25) is 5.96 Å². The SMILES string of the molecule is CCOCCCN=C(NN)Nc1ccc(Br)cc1F. The van der Waals surface area contributed by atoms with E-state index in [9.17, 15) is 4.39 Å². The Balaban J connectivity index is 2.53. The summed E-state index contributed by atoms with van der Waals surface area (Å²) >= 11 is 3.19. The van der Waals surface area contributed by atoms with Crippen molar-refractivity contribution in [1.29, 1.82) is 0 Å². The number of halogens is 2. The Labute approximate surface area is 120 Å². The van der Waals surface area contributed by atoms with Crippen LogP contribution in [0.4, 0.5) is 10.1 Å². The van der Waals surface area contributed by atoms with E-state index in [1.54, 1.807) is 12.1 Å². The molecule has 0 amide bonds. The van der Waals surface area contributed by atoms with E-state index in [4.69, 9.17) is 10.6 Å². The van der Waals surface area contributed by atoms with Crippen molar-refractivity contribution in [3.63, 3.8) is 0 Å². The number of aliphatic imine (C=N–C) groups is 1. The summed E-state index contributed by atoms with van der Waals surface area (Å²) in [6, 6.07) is 4.70. The number of ether oxygens (including phenoxy) is 1. The summed E-state index contributed by atoms with van der Waals surface area (Å²) < 4.78 is 19.5. The lowest BCUT2D eigenvalue weighted by molar-refractivity contribution is 0.146. The molecule has 1 rings (SSSR count). The molecule has 0 bridgehead atoms. The fourth-order valence-electron chi connectivity index (χ4n) is 1.34. The molecule has 5 nitrogen and oxygen atoms in total. The first kappa shape index (κ1) is 15.9. The largest absolute Gasteiger partial charge is 0.382 e. The number of nitrogens with zero attached hydrogens (tertiary/aromatic N) is 1. The van der Waals surface area contributed by atoms with Gasteiger partial charge in [0.25, 0.3) is 0 Å². The van der Waals surface area contributed by atoms with E-state index < -0.39 is 0 Å². The zero-order valence-electron chi connectivity index (χ0n) is 10.7. The Morgan fingerprint density at radius 2 is 2.32 bits per heavy atom. The Hall–Kier alpha value is -1.18. The first-order valence-corrected chi connectivity index (χ1v) is 6.77. The van der Waals surface area contributed by atoms with E-state index in [0.29, 0.717) is 35.9 Å². The Bertz CT molecular complexity index is 428. The highest BCUT2D eigenvalue weighted by molar-refractivity contribution is 9.10. The van der Waals surface area contributed by atoms with Gasteiger partial charge in [-0.2, -0.15) is 0 Å². The molecular weight excluding hydrogens is 315 g/mol. The lowest BCUT2D eigenvalue weighted by Gasteiger charge is -2.10. The zero-order chi connectivity index (χ0) is 14.1. The monoisotopic (exact) mass is 332 g/mol. The summed E-state index contributed by atoms with van der Waals surface area (Å²) in [6.07, 6.45) is 0.781. The molecule has 0 aromatic heterocycles. The minimum Gasteiger partial charge on any atom is -0.382 e. The lowest BCUT2D eigenvalue weighted by Crippen LogP contribution is -2.36. The summed E-state index contributed by atoms with van der Waals surface area (Å²) in [4.78, 5) is 4.18. The van der Waals surface area contributed by atoms with Crippen molar-refractivity contribution in [2.24, 2.45) is 10.8 Å². The smallest absolute Gasteiger partial charge is 0.210 e. The summed E-state index contributed by atoms with van der Waals surface area (Å²) in [7, 11) is 0. The van der Waals surface area contributed by atoms with Gasteiger partial charge in [-0.05, 0) is 31.5 Å². The Morgan fingerprint density at radius 3 is 2.95 bits per heavy atom. The molecule has 0 aliphatic rings. The molecule has 0 saturated carbocycles. The van der Waals surface area contributed by atoms with E-state index in [-0.39, 0.29) is 5.82 Å². The normalized spacial score (nSPS) is 11.5. The summed E-state index contributed by atoms with van der Waals surface area (Å²) in [5.41, 5.74) is 2.71. The summed E-state index contributed by atoms with van der Waals surface area (Å²) in [6.45, 7) is 3.82. The second-order valence-electron chi connectivity index (χ2n) is 3.67. The molecule has 4 N–H and O–H groups in total. The zero-order valence-corrected chi connectivity index (χ0v) is 12.3. The van der Waals surface area contributed by atoms with Gasteiger partial charge < -0.3 is 10.1 Å². The van der Waals surface area contributed by atoms with Gasteiger partial charge in [-0.15, -0.1) is 0 Å². The van der Waals surface area contributed by atoms with E-state index in [0.717, 1.165) is 6.42 Å². The van der Waals surface area contributed by atoms with Crippen LogP contribution in [0.15, 0.2) is 27.7 Å². The molecule has 0 unspecified atom stereocenters. The van der Waals surface area contributed by atoms with Crippen molar-refractivity contribution in [2.75, 3.05) is 25.1 Å². The van der Waals surface area contributed by atoms with E-state index >= 15 is 0 Å². The third-order valence-corrected chi connectivity index (χ3v) is 2.74. The fraction of sp³-hybridized carbons (Fsp3) is 0.417. The molecule has 0 saturated heterocycles. The molecular formula is C12H18BrFN4O. The molecule has 1 aromatic rings. The molecule has 0 heterocycles. The standard InChI is InChI=1S/C12H18BrFN4O/c1-2-19-7-3-6-16-12(18-15)17-11-5-4-9(13)8-10(11)14/h4-5,8H,2-3,6-7,15H2,1H3,(H2,16,17,18). The van der Waals surface area contributed by atoms with Gasteiger partial charge in [-0.3, -0.25) is 10.4 Å². The molecule has 1 aromatic carbocycles. The number of nitrogens with one attached hydrogen (secondary N) is 2. The molecule has 0 spiro atoms. The van der Waals surface area contributed by atoms with Crippen LogP contribution in [0.5, 0.6) is 0 Å². The number of benzene rings is 1. The second kappa shape index (κ2) is 8.84. The van der Waals surface area contributed by atoms with E-state index in [1.807, 2.05) is 6.92 Å². The maximum atomic E-state index is 13.6. The molecule has 106 valence electrons. The van der Waals surface area contributed by atoms with Crippen LogP contribution in [0.25, 0.3) is 0 Å². The predicted molar refractivity (Wildman–Crippen MR) is 78.5 cm³/mol. The molecule has 0 aliphatic heterocycles. The minimum absolute atomic E-state index is 0.310. The number of rotatable bonds is 6. The fourth-order valence-corrected chi connectivity index (χ4v) is 1.67. The van der Waals surface area contributed by atoms with Crippen LogP contribution in [0.3, 0.4) is 0 Å². The van der Waals surface area contributed by atoms with E-state index in [1.165, 1.54) is 6.07 Å². The van der Waals surface area contributed by atoms with Crippen LogP contribution in [-0.2, 0) is 4.74 Å².